The van der Waals surface area contributed by atoms with Gasteiger partial charge in [-0.3, -0.25) is 9.97 Å². The van der Waals surface area contributed by atoms with Crippen molar-refractivity contribution < 1.29 is 0 Å². The van der Waals surface area contributed by atoms with Crippen LogP contribution in [-0.4, -0.2) is 17.0 Å². The molecule has 0 fully saturated rings. The van der Waals surface area contributed by atoms with E-state index in [4.69, 9.17) is 0 Å². The third kappa shape index (κ3) is 3.42. The van der Waals surface area contributed by atoms with Gasteiger partial charge in [0.25, 0.3) is 0 Å². The molecule has 2 heterocycles. The van der Waals surface area contributed by atoms with Gasteiger partial charge >= 0.3 is 0 Å². The van der Waals surface area contributed by atoms with Crippen molar-refractivity contribution in [3.05, 3.63) is 58.7 Å². The molecule has 0 aliphatic rings. The predicted molar refractivity (Wildman–Crippen MR) is 82.8 cm³/mol. The molecule has 1 N–H and O–H groups in total. The van der Waals surface area contributed by atoms with Crippen molar-refractivity contribution in [3.63, 3.8) is 0 Å². The largest absolute Gasteiger partial charge is 0.313 e. The highest BCUT2D eigenvalue weighted by atomic mass is 14.9. The molecule has 2 aromatic rings. The molecule has 0 spiro atoms. The second kappa shape index (κ2) is 6.62. The normalized spacial score (nSPS) is 12.4. The van der Waals surface area contributed by atoms with Crippen molar-refractivity contribution >= 4 is 0 Å². The van der Waals surface area contributed by atoms with Gasteiger partial charge in [0.1, 0.15) is 0 Å². The fourth-order valence-corrected chi connectivity index (χ4v) is 2.43. The van der Waals surface area contributed by atoms with Crippen LogP contribution in [0.5, 0.6) is 0 Å². The summed E-state index contributed by atoms with van der Waals surface area (Å²) in [5.74, 6) is 0. The van der Waals surface area contributed by atoms with Crippen LogP contribution in [0.3, 0.4) is 0 Å². The molecule has 2 aromatic heterocycles. The van der Waals surface area contributed by atoms with Gasteiger partial charge in [-0.2, -0.15) is 0 Å². The first-order valence-corrected chi connectivity index (χ1v) is 7.19. The van der Waals surface area contributed by atoms with Crippen LogP contribution in [-0.2, 0) is 12.8 Å². The molecule has 0 aliphatic heterocycles. The van der Waals surface area contributed by atoms with E-state index in [1.807, 2.05) is 20.2 Å². The fourth-order valence-electron chi connectivity index (χ4n) is 2.43. The Kier molecular flexibility index (Phi) is 4.85. The van der Waals surface area contributed by atoms with Gasteiger partial charge in [-0.15, -0.1) is 0 Å². The van der Waals surface area contributed by atoms with Crippen LogP contribution in [0.15, 0.2) is 30.5 Å². The van der Waals surface area contributed by atoms with Gasteiger partial charge in [-0.1, -0.05) is 19.1 Å². The molecule has 20 heavy (non-hydrogen) atoms. The lowest BCUT2D eigenvalue weighted by Crippen LogP contribution is -2.20. The maximum atomic E-state index is 4.55. The molecular weight excluding hydrogens is 246 g/mol. The van der Waals surface area contributed by atoms with E-state index >= 15 is 0 Å². The Labute approximate surface area is 121 Å². The Hall–Kier alpha value is -1.74. The minimum atomic E-state index is 0.253. The number of hydrogen-bond acceptors (Lipinski definition) is 3. The summed E-state index contributed by atoms with van der Waals surface area (Å²) < 4.78 is 0. The molecule has 1 atom stereocenters. The minimum Gasteiger partial charge on any atom is -0.313 e. The third-order valence-electron chi connectivity index (χ3n) is 3.70. The van der Waals surface area contributed by atoms with Crippen molar-refractivity contribution in [2.75, 3.05) is 7.05 Å². The van der Waals surface area contributed by atoms with Gasteiger partial charge in [0, 0.05) is 35.7 Å². The summed E-state index contributed by atoms with van der Waals surface area (Å²) in [4.78, 5) is 9.10. The van der Waals surface area contributed by atoms with Crippen LogP contribution >= 0.6 is 0 Å². The zero-order chi connectivity index (χ0) is 14.5. The lowest BCUT2D eigenvalue weighted by atomic mass is 10.00. The zero-order valence-electron chi connectivity index (χ0n) is 12.8. The van der Waals surface area contributed by atoms with E-state index in [2.05, 4.69) is 53.4 Å². The molecule has 3 heteroatoms. The first kappa shape index (κ1) is 14.7. The summed E-state index contributed by atoms with van der Waals surface area (Å²) in [6.07, 6.45) is 3.89. The van der Waals surface area contributed by atoms with E-state index in [0.717, 1.165) is 29.9 Å². The SMILES string of the molecule is CCc1ccc(CC(NC)c2ccc(C)nc2C)nc1. The second-order valence-corrected chi connectivity index (χ2v) is 5.18. The topological polar surface area (TPSA) is 37.8 Å². The van der Waals surface area contributed by atoms with Crippen LogP contribution in [0.25, 0.3) is 0 Å². The molecule has 106 valence electrons. The third-order valence-corrected chi connectivity index (χ3v) is 3.70. The van der Waals surface area contributed by atoms with Crippen molar-refractivity contribution in [2.45, 2.75) is 39.7 Å². The van der Waals surface area contributed by atoms with Gasteiger partial charge in [-0.25, -0.2) is 0 Å². The van der Waals surface area contributed by atoms with Crippen LogP contribution in [0.1, 0.15) is 41.2 Å². The molecule has 2 rings (SSSR count). The number of nitrogens with one attached hydrogen (secondary N) is 1. The Balaban J connectivity index is 2.19. The monoisotopic (exact) mass is 269 g/mol. The van der Waals surface area contributed by atoms with Gasteiger partial charge in [0.2, 0.25) is 0 Å². The molecule has 1 unspecified atom stereocenters. The highest BCUT2D eigenvalue weighted by molar-refractivity contribution is 5.27. The molecule has 0 radical (unpaired) electrons. The molecule has 3 nitrogen and oxygen atoms in total. The Morgan fingerprint density at radius 3 is 2.50 bits per heavy atom. The Morgan fingerprint density at radius 1 is 1.15 bits per heavy atom. The minimum absolute atomic E-state index is 0.253. The highest BCUT2D eigenvalue weighted by Crippen LogP contribution is 2.20. The summed E-state index contributed by atoms with van der Waals surface area (Å²) in [7, 11) is 1.99. The van der Waals surface area contributed by atoms with Crippen LogP contribution in [0.4, 0.5) is 0 Å². The van der Waals surface area contributed by atoms with Gasteiger partial charge < -0.3 is 5.32 Å². The van der Waals surface area contributed by atoms with Crippen molar-refractivity contribution in [1.29, 1.82) is 0 Å². The number of aromatic nitrogens is 2. The lowest BCUT2D eigenvalue weighted by Gasteiger charge is -2.18. The lowest BCUT2D eigenvalue weighted by molar-refractivity contribution is 0.578. The van der Waals surface area contributed by atoms with E-state index in [1.54, 1.807) is 0 Å². The average molecular weight is 269 g/mol. The number of nitrogens with zero attached hydrogens (tertiary/aromatic N) is 2. The number of pyridine rings is 2. The Morgan fingerprint density at radius 2 is 1.95 bits per heavy atom. The van der Waals surface area contributed by atoms with Gasteiger partial charge in [0.05, 0.1) is 0 Å². The molecular formula is C17H23N3. The van der Waals surface area contributed by atoms with E-state index in [0.29, 0.717) is 0 Å². The van der Waals surface area contributed by atoms with Crippen LogP contribution in [0.2, 0.25) is 0 Å². The van der Waals surface area contributed by atoms with Crippen LogP contribution < -0.4 is 5.32 Å². The average Bonchev–Trinajstić information content (AvgIpc) is 2.46. The van der Waals surface area contributed by atoms with Crippen molar-refractivity contribution in [2.24, 2.45) is 0 Å². The number of likely N-dealkylation sites (N-methyl/N-ethyl adjacent to an activating group) is 1. The molecule has 0 saturated carbocycles. The van der Waals surface area contributed by atoms with E-state index in [-0.39, 0.29) is 6.04 Å². The molecule has 0 bridgehead atoms. The van der Waals surface area contributed by atoms with E-state index in [1.165, 1.54) is 11.1 Å². The number of hydrogen-bond donors (Lipinski definition) is 1. The molecule has 0 aromatic carbocycles. The number of rotatable bonds is 5. The maximum Gasteiger partial charge on any atom is 0.0423 e. The number of aryl methyl sites for hydroxylation is 3. The zero-order valence-corrected chi connectivity index (χ0v) is 12.8. The van der Waals surface area contributed by atoms with Crippen LogP contribution in [0, 0.1) is 13.8 Å². The molecule has 0 amide bonds. The predicted octanol–water partition coefficient (Wildman–Crippen LogP) is 3.16. The van der Waals surface area contributed by atoms with Crippen molar-refractivity contribution in [3.8, 4) is 0 Å². The smallest absolute Gasteiger partial charge is 0.0423 e. The maximum absolute atomic E-state index is 4.55. The highest BCUT2D eigenvalue weighted by Gasteiger charge is 2.14. The summed E-state index contributed by atoms with van der Waals surface area (Å²) in [5, 5.41) is 3.38. The standard InChI is InChI=1S/C17H23N3/c1-5-14-7-8-15(19-11-14)10-17(18-4)16-9-6-12(2)20-13(16)3/h6-9,11,17-18H,5,10H2,1-4H3. The molecule has 0 aliphatic carbocycles. The first-order valence-electron chi connectivity index (χ1n) is 7.19. The summed E-state index contributed by atoms with van der Waals surface area (Å²) >= 11 is 0. The summed E-state index contributed by atoms with van der Waals surface area (Å²) in [6.45, 7) is 6.24. The van der Waals surface area contributed by atoms with Crippen molar-refractivity contribution in [1.82, 2.24) is 15.3 Å². The quantitative estimate of drug-likeness (QED) is 0.906. The van der Waals surface area contributed by atoms with Gasteiger partial charge in [-0.05, 0) is 50.6 Å². The Bertz CT molecular complexity index is 561. The summed E-state index contributed by atoms with van der Waals surface area (Å²) in [6, 6.07) is 8.78. The van der Waals surface area contributed by atoms with E-state index < -0.39 is 0 Å². The summed E-state index contributed by atoms with van der Waals surface area (Å²) in [5.41, 5.74) is 5.80. The fraction of sp³-hybridized carbons (Fsp3) is 0.412. The molecule has 0 saturated heterocycles. The first-order chi connectivity index (χ1) is 9.63. The second-order valence-electron chi connectivity index (χ2n) is 5.18. The van der Waals surface area contributed by atoms with E-state index in [9.17, 15) is 0 Å². The van der Waals surface area contributed by atoms with Gasteiger partial charge in [0.15, 0.2) is 0 Å².